The quantitative estimate of drug-likeness (QED) is 0.0975. The van der Waals surface area contributed by atoms with E-state index in [1.54, 1.807) is 0 Å². The van der Waals surface area contributed by atoms with Crippen molar-refractivity contribution >= 4 is 28.4 Å². The van der Waals surface area contributed by atoms with E-state index in [1.165, 1.54) is 7.11 Å². The Bertz CT molecular complexity index is 1280. The maximum Gasteiger partial charge on any atom is 0.310 e. The second-order valence-electron chi connectivity index (χ2n) is 19.7. The van der Waals surface area contributed by atoms with Crippen LogP contribution in [0, 0.1) is 17.8 Å². The first-order valence-corrected chi connectivity index (χ1v) is 24.9. The van der Waals surface area contributed by atoms with Crippen LogP contribution in [0.15, 0.2) is 11.6 Å². The van der Waals surface area contributed by atoms with Gasteiger partial charge in [0.25, 0.3) is 0 Å². The number of Topliss-reactive ketones (excluding diaryl/α,β-unsaturated/α-hetero) is 1. The molecule has 9 atom stereocenters. The number of methoxy groups -OCH3 is 1. The zero-order valence-corrected chi connectivity index (χ0v) is 38.5. The van der Waals surface area contributed by atoms with Crippen molar-refractivity contribution in [3.8, 4) is 0 Å². The zero-order valence-electron chi connectivity index (χ0n) is 36.5. The average Bonchev–Trinajstić information content (AvgIpc) is 3.37. The summed E-state index contributed by atoms with van der Waals surface area (Å²) >= 11 is 0. The summed E-state index contributed by atoms with van der Waals surface area (Å²) in [4.78, 5) is 27.5. The summed E-state index contributed by atoms with van der Waals surface area (Å²) in [6, 6.07) is 0. The molecule has 0 amide bonds. The van der Waals surface area contributed by atoms with Crippen LogP contribution in [0.3, 0.4) is 0 Å². The van der Waals surface area contributed by atoms with Crippen LogP contribution in [0.4, 0.5) is 0 Å². The lowest BCUT2D eigenvalue weighted by Gasteiger charge is -2.45. The van der Waals surface area contributed by atoms with E-state index in [0.717, 1.165) is 0 Å². The molecule has 0 radical (unpaired) electrons. The van der Waals surface area contributed by atoms with Crippen molar-refractivity contribution in [3.63, 3.8) is 0 Å². The van der Waals surface area contributed by atoms with E-state index in [1.807, 2.05) is 75.3 Å². The predicted molar refractivity (Wildman–Crippen MR) is 210 cm³/mol. The number of carbonyl (C=O) groups is 2. The van der Waals surface area contributed by atoms with Gasteiger partial charge in [-0.15, -0.1) is 0 Å². The van der Waals surface area contributed by atoms with Gasteiger partial charge < -0.3 is 32.5 Å². The molecule has 0 saturated carbocycles. The molecule has 2 aliphatic heterocycles. The van der Waals surface area contributed by atoms with Crippen LogP contribution in [0.25, 0.3) is 0 Å². The molecule has 9 unspecified atom stereocenters. The van der Waals surface area contributed by atoms with Gasteiger partial charge in [0.1, 0.15) is 17.3 Å². The van der Waals surface area contributed by atoms with E-state index in [0.29, 0.717) is 12.0 Å². The van der Waals surface area contributed by atoms with Gasteiger partial charge in [0.15, 0.2) is 34.0 Å². The van der Waals surface area contributed by atoms with Gasteiger partial charge in [-0.25, -0.2) is 0 Å². The first-order valence-electron chi connectivity index (χ1n) is 19.0. The minimum absolute atomic E-state index is 0.00560. The Hall–Kier alpha value is -0.926. The lowest BCUT2D eigenvalue weighted by atomic mass is 9.78. The zero-order chi connectivity index (χ0) is 40.1. The van der Waals surface area contributed by atoms with E-state index in [-0.39, 0.29) is 33.9 Å². The number of rotatable bonds is 14. The van der Waals surface area contributed by atoms with Gasteiger partial charge in [-0.1, -0.05) is 62.3 Å². The molecule has 0 N–H and O–H groups in total. The second-order valence-corrected chi connectivity index (χ2v) is 29.2. The molecule has 0 spiro atoms. The molecule has 0 aromatic heterocycles. The Kier molecular flexibility index (Phi) is 13.9. The van der Waals surface area contributed by atoms with Crippen molar-refractivity contribution in [2.75, 3.05) is 7.11 Å². The Morgan fingerprint density at radius 3 is 1.69 bits per heavy atom. The molecule has 2 rings (SSSR count). The summed E-state index contributed by atoms with van der Waals surface area (Å²) < 4.78 is 45.7. The third-order valence-electron chi connectivity index (χ3n) is 12.2. The largest absolute Gasteiger partial charge is 0.469 e. The monoisotopic (exact) mass is 757 g/mol. The summed E-state index contributed by atoms with van der Waals surface area (Å²) in [7, 11) is -3.11. The molecule has 0 aromatic carbocycles. The van der Waals surface area contributed by atoms with Crippen LogP contribution >= 0.6 is 0 Å². The van der Waals surface area contributed by atoms with E-state index < -0.39 is 69.6 Å². The van der Waals surface area contributed by atoms with Crippen molar-refractivity contribution in [2.24, 2.45) is 17.8 Å². The van der Waals surface area contributed by atoms with Crippen molar-refractivity contribution in [2.45, 2.75) is 208 Å². The number of hydrogen-bond donors (Lipinski definition) is 0. The van der Waals surface area contributed by atoms with Crippen molar-refractivity contribution in [1.29, 1.82) is 0 Å². The topological polar surface area (TPSA) is 98.8 Å². The fourth-order valence-electron chi connectivity index (χ4n) is 7.47. The first kappa shape index (κ1) is 46.2. The van der Waals surface area contributed by atoms with Gasteiger partial charge in [0.05, 0.1) is 31.3 Å². The molecule has 2 fully saturated rings. The molecule has 11 heteroatoms. The molecule has 9 nitrogen and oxygen atoms in total. The van der Waals surface area contributed by atoms with Gasteiger partial charge in [-0.05, 0) is 110 Å². The first-order chi connectivity index (χ1) is 22.6. The Labute approximate surface area is 313 Å². The molecule has 2 heterocycles. The Morgan fingerprint density at radius 1 is 0.784 bits per heavy atom. The molecule has 0 bridgehead atoms. The molecule has 51 heavy (non-hydrogen) atoms. The second kappa shape index (κ2) is 15.3. The third-order valence-corrected chi connectivity index (χ3v) is 21.2. The molecule has 2 aliphatic rings. The van der Waals surface area contributed by atoms with Crippen LogP contribution in [-0.4, -0.2) is 82.7 Å². The number of ketones is 1. The van der Waals surface area contributed by atoms with Crippen LogP contribution < -0.4 is 0 Å². The van der Waals surface area contributed by atoms with E-state index >= 15 is 0 Å². The molecule has 0 aromatic rings. The Balaban J connectivity index is 2.57. The van der Waals surface area contributed by atoms with Gasteiger partial charge in [-0.2, -0.15) is 0 Å². The SMILES string of the molecule is CCC(O[Si](C)(C)C(C)(C)C)C1(C)OC(C)(C)OC1C(C)C(=O)C(C)=CC1(C)OC(C)(C)OC1C(C)C(O[Si](C)(C)C(C)(C)C)C(C)C(=O)OC. The number of esters is 1. The summed E-state index contributed by atoms with van der Waals surface area (Å²) in [5.41, 5.74) is -1.34. The van der Waals surface area contributed by atoms with Crippen LogP contribution in [0.2, 0.25) is 36.3 Å². The smallest absolute Gasteiger partial charge is 0.310 e. The average molecular weight is 757 g/mol. The molecular formula is C40H76O9Si2. The fourth-order valence-corrected chi connectivity index (χ4v) is 10.4. The highest BCUT2D eigenvalue weighted by Gasteiger charge is 2.60. The summed E-state index contributed by atoms with van der Waals surface area (Å²) in [6.45, 7) is 43.4. The number of ether oxygens (including phenoxy) is 5. The minimum atomic E-state index is -2.34. The standard InChI is InChI=1S/C40H76O9Si2/c1-23-29(46-50(19,20)35(6,7)8)40(17)33(45-38(14,15)49-40)26(3)30(41)25(2)24-39(16)32(44-37(12,13)48-39)27(4)31(28(5)34(42)43-18)47-51(21,22)36(9,10)11/h24,26-29,31-33H,23H2,1-22H3. The summed E-state index contributed by atoms with van der Waals surface area (Å²) in [5.74, 6) is -3.65. The summed E-state index contributed by atoms with van der Waals surface area (Å²) in [5, 5.41) is -0.0806. The van der Waals surface area contributed by atoms with Gasteiger partial charge in [0, 0.05) is 11.8 Å². The molecule has 0 aliphatic carbocycles. The van der Waals surface area contributed by atoms with Crippen LogP contribution in [0.5, 0.6) is 0 Å². The van der Waals surface area contributed by atoms with Gasteiger partial charge in [0.2, 0.25) is 0 Å². The van der Waals surface area contributed by atoms with Crippen molar-refractivity contribution < 1.29 is 42.1 Å². The minimum Gasteiger partial charge on any atom is -0.469 e. The van der Waals surface area contributed by atoms with Crippen LogP contribution in [-0.2, 0) is 42.1 Å². The van der Waals surface area contributed by atoms with Gasteiger partial charge >= 0.3 is 5.97 Å². The maximum atomic E-state index is 14.5. The molecule has 298 valence electrons. The normalized spacial score (nSPS) is 30.4. The predicted octanol–water partition coefficient (Wildman–Crippen LogP) is 9.59. The third kappa shape index (κ3) is 10.0. The molecule has 2 saturated heterocycles. The van der Waals surface area contributed by atoms with E-state index in [4.69, 9.17) is 32.5 Å². The highest BCUT2D eigenvalue weighted by molar-refractivity contribution is 6.74. The van der Waals surface area contributed by atoms with Crippen LogP contribution in [0.1, 0.15) is 124 Å². The number of allylic oxidation sites excluding steroid dienone is 1. The van der Waals surface area contributed by atoms with Crippen molar-refractivity contribution in [1.82, 2.24) is 0 Å². The number of carbonyl (C=O) groups excluding carboxylic acids is 2. The highest BCUT2D eigenvalue weighted by Crippen LogP contribution is 2.49. The van der Waals surface area contributed by atoms with Gasteiger partial charge in [-0.3, -0.25) is 9.59 Å². The van der Waals surface area contributed by atoms with Crippen molar-refractivity contribution in [3.05, 3.63) is 11.6 Å². The summed E-state index contributed by atoms with van der Waals surface area (Å²) in [6.07, 6.45) is 0.743. The molecular weight excluding hydrogens is 681 g/mol. The lowest BCUT2D eigenvalue weighted by Crippen LogP contribution is -2.57. The fraction of sp³-hybridized carbons (Fsp3) is 0.900. The number of hydrogen-bond acceptors (Lipinski definition) is 9. The Morgan fingerprint density at radius 2 is 1.24 bits per heavy atom. The van der Waals surface area contributed by atoms with E-state index in [2.05, 4.69) is 74.7 Å². The highest BCUT2D eigenvalue weighted by atomic mass is 28.4. The maximum absolute atomic E-state index is 14.5. The lowest BCUT2D eigenvalue weighted by molar-refractivity contribution is -0.177. The van der Waals surface area contributed by atoms with E-state index in [9.17, 15) is 9.59 Å².